The van der Waals surface area contributed by atoms with Crippen LogP contribution in [0.1, 0.15) is 22.8 Å². The van der Waals surface area contributed by atoms with Gasteiger partial charge in [-0.3, -0.25) is 14.9 Å². The molecule has 28 heavy (non-hydrogen) atoms. The molecule has 0 saturated heterocycles. The van der Waals surface area contributed by atoms with Crippen LogP contribution in [0.3, 0.4) is 0 Å². The lowest BCUT2D eigenvalue weighted by atomic mass is 10.1. The van der Waals surface area contributed by atoms with Crippen molar-refractivity contribution < 1.29 is 24.0 Å². The predicted molar refractivity (Wildman–Crippen MR) is 105 cm³/mol. The Kier molecular flexibility index (Phi) is 7.39. The highest BCUT2D eigenvalue weighted by Crippen LogP contribution is 2.26. The van der Waals surface area contributed by atoms with Crippen LogP contribution in [-0.2, 0) is 16.1 Å². The van der Waals surface area contributed by atoms with Gasteiger partial charge in [-0.05, 0) is 36.8 Å². The van der Waals surface area contributed by atoms with Crippen LogP contribution in [0.25, 0.3) is 0 Å². The van der Waals surface area contributed by atoms with Gasteiger partial charge in [-0.25, -0.2) is 4.79 Å². The van der Waals surface area contributed by atoms with E-state index in [0.717, 1.165) is 10.5 Å². The van der Waals surface area contributed by atoms with Crippen molar-refractivity contribution in [1.29, 1.82) is 0 Å². The molecule has 0 aliphatic heterocycles. The summed E-state index contributed by atoms with van der Waals surface area (Å²) >= 11 is 1.30. The zero-order valence-corrected chi connectivity index (χ0v) is 16.4. The zero-order chi connectivity index (χ0) is 20.7. The number of nitrogens with zero attached hydrogens (tertiary/aromatic N) is 1. The first-order chi connectivity index (χ1) is 13.3. The summed E-state index contributed by atoms with van der Waals surface area (Å²) in [7, 11) is 2.74. The number of nitro benzene ring substituents is 1. The Morgan fingerprint density at radius 1 is 1.18 bits per heavy atom. The average molecular weight is 404 g/mol. The Morgan fingerprint density at radius 2 is 1.86 bits per heavy atom. The smallest absolute Gasteiger partial charge is 0.341 e. The van der Waals surface area contributed by atoms with E-state index in [9.17, 15) is 19.7 Å². The molecule has 2 rings (SSSR count). The summed E-state index contributed by atoms with van der Waals surface area (Å²) < 4.78 is 9.88. The molecule has 0 radical (unpaired) electrons. The monoisotopic (exact) mass is 404 g/mol. The Morgan fingerprint density at radius 3 is 2.43 bits per heavy atom. The maximum Gasteiger partial charge on any atom is 0.341 e. The van der Waals surface area contributed by atoms with E-state index in [1.54, 1.807) is 37.3 Å². The molecule has 1 amide bonds. The summed E-state index contributed by atoms with van der Waals surface area (Å²) in [5.74, 6) is -0.324. The molecule has 148 valence electrons. The number of ether oxygens (including phenoxy) is 2. The molecule has 0 aliphatic carbocycles. The fourth-order valence-electron chi connectivity index (χ4n) is 2.37. The Balaban J connectivity index is 1.97. The molecule has 0 bridgehead atoms. The van der Waals surface area contributed by atoms with Crippen molar-refractivity contribution in [3.05, 3.63) is 63.7 Å². The SMILES string of the molecule is COC(=O)c1cc(CNC(=O)[C@H](C)Sc2ccc([N+](=O)[O-])cc2)ccc1OC. The molecule has 0 aromatic heterocycles. The van der Waals surface area contributed by atoms with Gasteiger partial charge in [-0.2, -0.15) is 0 Å². The molecule has 0 heterocycles. The highest BCUT2D eigenvalue weighted by Gasteiger charge is 2.17. The molecule has 0 aliphatic rings. The molecule has 0 unspecified atom stereocenters. The van der Waals surface area contributed by atoms with Gasteiger partial charge in [0.05, 0.1) is 24.4 Å². The van der Waals surface area contributed by atoms with Crippen molar-refractivity contribution in [1.82, 2.24) is 5.32 Å². The van der Waals surface area contributed by atoms with E-state index >= 15 is 0 Å². The number of carbonyl (C=O) groups excluding carboxylic acids is 2. The number of hydrogen-bond acceptors (Lipinski definition) is 7. The summed E-state index contributed by atoms with van der Waals surface area (Å²) in [5, 5.41) is 13.1. The van der Waals surface area contributed by atoms with Gasteiger partial charge < -0.3 is 14.8 Å². The minimum absolute atomic E-state index is 0.00219. The minimum Gasteiger partial charge on any atom is -0.496 e. The second-order valence-corrected chi connectivity index (χ2v) is 7.17. The molecular formula is C19H20N2O6S. The fraction of sp³-hybridized carbons (Fsp3) is 0.263. The number of rotatable bonds is 8. The molecule has 8 nitrogen and oxygen atoms in total. The number of thioether (sulfide) groups is 1. The Bertz CT molecular complexity index is 869. The van der Waals surface area contributed by atoms with Gasteiger partial charge >= 0.3 is 5.97 Å². The van der Waals surface area contributed by atoms with Crippen molar-refractivity contribution >= 4 is 29.3 Å². The normalized spacial score (nSPS) is 11.4. The molecular weight excluding hydrogens is 384 g/mol. The third-order valence-corrected chi connectivity index (χ3v) is 4.98. The van der Waals surface area contributed by atoms with Crippen LogP contribution >= 0.6 is 11.8 Å². The van der Waals surface area contributed by atoms with E-state index in [1.807, 2.05) is 0 Å². The van der Waals surface area contributed by atoms with Gasteiger partial charge in [0.25, 0.3) is 5.69 Å². The van der Waals surface area contributed by atoms with Crippen LogP contribution in [0.2, 0.25) is 0 Å². The summed E-state index contributed by atoms with van der Waals surface area (Å²) in [6.07, 6.45) is 0. The minimum atomic E-state index is -0.521. The van der Waals surface area contributed by atoms with E-state index in [-0.39, 0.29) is 23.7 Å². The quantitative estimate of drug-likeness (QED) is 0.311. The molecule has 1 atom stereocenters. The summed E-state index contributed by atoms with van der Waals surface area (Å²) in [5.41, 5.74) is 1.01. The van der Waals surface area contributed by atoms with Crippen LogP contribution in [0.5, 0.6) is 5.75 Å². The van der Waals surface area contributed by atoms with E-state index in [2.05, 4.69) is 5.32 Å². The lowest BCUT2D eigenvalue weighted by Gasteiger charge is -2.13. The van der Waals surface area contributed by atoms with Crippen LogP contribution < -0.4 is 10.1 Å². The van der Waals surface area contributed by atoms with Gasteiger partial charge in [0.2, 0.25) is 5.91 Å². The summed E-state index contributed by atoms with van der Waals surface area (Å²) in [4.78, 5) is 35.1. The standard InChI is InChI=1S/C19H20N2O6S/c1-12(28-15-7-5-14(6-8-15)21(24)25)18(22)20-11-13-4-9-17(26-2)16(10-13)19(23)27-3/h4-10,12H,11H2,1-3H3,(H,20,22)/t12-/m0/s1. The van der Waals surface area contributed by atoms with E-state index in [4.69, 9.17) is 9.47 Å². The molecule has 0 spiro atoms. The zero-order valence-electron chi connectivity index (χ0n) is 15.6. The van der Waals surface area contributed by atoms with Crippen molar-refractivity contribution in [3.63, 3.8) is 0 Å². The van der Waals surface area contributed by atoms with Gasteiger partial charge in [0.1, 0.15) is 11.3 Å². The first kappa shape index (κ1) is 21.2. The Hall–Kier alpha value is -3.07. The van der Waals surface area contributed by atoms with Crippen LogP contribution in [0.15, 0.2) is 47.4 Å². The summed E-state index contributed by atoms with van der Waals surface area (Å²) in [6.45, 7) is 1.98. The van der Waals surface area contributed by atoms with E-state index in [1.165, 1.54) is 38.1 Å². The number of benzene rings is 2. The average Bonchev–Trinajstić information content (AvgIpc) is 2.71. The molecule has 0 saturated carbocycles. The molecule has 2 aromatic carbocycles. The van der Waals surface area contributed by atoms with Crippen LogP contribution in [-0.4, -0.2) is 36.3 Å². The predicted octanol–water partition coefficient (Wildman–Crippen LogP) is 3.19. The number of amides is 1. The third kappa shape index (κ3) is 5.46. The number of non-ortho nitro benzene ring substituents is 1. The number of methoxy groups -OCH3 is 2. The number of nitrogens with one attached hydrogen (secondary N) is 1. The van der Waals surface area contributed by atoms with E-state index in [0.29, 0.717) is 5.75 Å². The summed E-state index contributed by atoms with van der Waals surface area (Å²) in [6, 6.07) is 11.0. The van der Waals surface area contributed by atoms with Crippen molar-refractivity contribution in [3.8, 4) is 5.75 Å². The van der Waals surface area contributed by atoms with Crippen molar-refractivity contribution in [2.45, 2.75) is 23.6 Å². The maximum absolute atomic E-state index is 12.3. The van der Waals surface area contributed by atoms with Crippen LogP contribution in [0.4, 0.5) is 5.69 Å². The molecule has 2 aromatic rings. The van der Waals surface area contributed by atoms with Gasteiger partial charge in [0.15, 0.2) is 0 Å². The third-order valence-electron chi connectivity index (χ3n) is 3.87. The second-order valence-electron chi connectivity index (χ2n) is 5.76. The molecule has 1 N–H and O–H groups in total. The topological polar surface area (TPSA) is 108 Å². The van der Waals surface area contributed by atoms with Gasteiger partial charge in [0, 0.05) is 23.6 Å². The highest BCUT2D eigenvalue weighted by molar-refractivity contribution is 8.00. The van der Waals surface area contributed by atoms with E-state index < -0.39 is 16.1 Å². The van der Waals surface area contributed by atoms with Gasteiger partial charge in [-0.15, -0.1) is 11.8 Å². The maximum atomic E-state index is 12.3. The second kappa shape index (κ2) is 9.75. The largest absolute Gasteiger partial charge is 0.496 e. The first-order valence-electron chi connectivity index (χ1n) is 8.29. The first-order valence-corrected chi connectivity index (χ1v) is 9.17. The Labute approximate surface area is 166 Å². The van der Waals surface area contributed by atoms with Crippen molar-refractivity contribution in [2.75, 3.05) is 14.2 Å². The fourth-order valence-corrected chi connectivity index (χ4v) is 3.26. The number of esters is 1. The van der Waals surface area contributed by atoms with Crippen molar-refractivity contribution in [2.24, 2.45) is 0 Å². The van der Waals surface area contributed by atoms with Gasteiger partial charge in [-0.1, -0.05) is 6.07 Å². The lowest BCUT2D eigenvalue weighted by molar-refractivity contribution is -0.384. The van der Waals surface area contributed by atoms with Crippen LogP contribution in [0, 0.1) is 10.1 Å². The number of nitro groups is 1. The molecule has 0 fully saturated rings. The lowest BCUT2D eigenvalue weighted by Crippen LogP contribution is -2.30. The highest BCUT2D eigenvalue weighted by atomic mass is 32.2. The molecule has 9 heteroatoms. The number of carbonyl (C=O) groups is 2. The number of hydrogen-bond donors (Lipinski definition) is 1.